The zero-order chi connectivity index (χ0) is 12.0. The van der Waals surface area contributed by atoms with Crippen molar-refractivity contribution in [3.63, 3.8) is 0 Å². The fourth-order valence-corrected chi connectivity index (χ4v) is 1.62. The van der Waals surface area contributed by atoms with E-state index in [-0.39, 0.29) is 16.7 Å². The molecule has 0 unspecified atom stereocenters. The van der Waals surface area contributed by atoms with Gasteiger partial charge in [-0.2, -0.15) is 0 Å². The van der Waals surface area contributed by atoms with Gasteiger partial charge in [0.05, 0.1) is 11.1 Å². The summed E-state index contributed by atoms with van der Waals surface area (Å²) in [6.07, 6.45) is 0. The highest BCUT2D eigenvalue weighted by Gasteiger charge is 2.34. The molecule has 1 aromatic rings. The summed E-state index contributed by atoms with van der Waals surface area (Å²) in [6.45, 7) is 1.28. The molecule has 16 heavy (non-hydrogen) atoms. The van der Waals surface area contributed by atoms with Crippen LogP contribution in [0.1, 0.15) is 27.6 Å². The summed E-state index contributed by atoms with van der Waals surface area (Å²) < 4.78 is 0. The first-order valence-electron chi connectivity index (χ1n) is 4.49. The monoisotopic (exact) mass is 220 g/mol. The lowest BCUT2D eigenvalue weighted by Crippen LogP contribution is -2.21. The third kappa shape index (κ3) is 1.11. The second kappa shape index (κ2) is 3.10. The molecule has 0 amide bonds. The van der Waals surface area contributed by atoms with E-state index in [1.54, 1.807) is 0 Å². The lowest BCUT2D eigenvalue weighted by Gasteiger charge is -2.17. The molecule has 0 heterocycles. The molecule has 0 fully saturated rings. The fraction of sp³-hybridized carbons (Fsp3) is 0.0909. The molecule has 0 radical (unpaired) electrons. The van der Waals surface area contributed by atoms with Gasteiger partial charge >= 0.3 is 0 Å². The zero-order valence-corrected chi connectivity index (χ0v) is 8.31. The van der Waals surface area contributed by atoms with E-state index in [1.165, 1.54) is 6.92 Å². The van der Waals surface area contributed by atoms with Crippen LogP contribution in [0, 0.1) is 0 Å². The molecule has 5 nitrogen and oxygen atoms in total. The van der Waals surface area contributed by atoms with Gasteiger partial charge in [-0.05, 0) is 19.1 Å². The van der Waals surface area contributed by atoms with Crippen molar-refractivity contribution in [2.45, 2.75) is 6.92 Å². The third-order valence-corrected chi connectivity index (χ3v) is 2.53. The number of benzene rings is 1. The lowest BCUT2D eigenvalue weighted by molar-refractivity contribution is 0.0924. The summed E-state index contributed by atoms with van der Waals surface area (Å²) in [5.74, 6) is -3.05. The van der Waals surface area contributed by atoms with Crippen molar-refractivity contribution < 1.29 is 24.9 Å². The molecule has 2 rings (SSSR count). The minimum atomic E-state index is -0.861. The fourth-order valence-electron chi connectivity index (χ4n) is 1.62. The van der Waals surface area contributed by atoms with Crippen LogP contribution < -0.4 is 0 Å². The van der Waals surface area contributed by atoms with E-state index in [0.29, 0.717) is 0 Å². The van der Waals surface area contributed by atoms with Gasteiger partial charge in [-0.15, -0.1) is 0 Å². The first-order valence-corrected chi connectivity index (χ1v) is 4.49. The maximum atomic E-state index is 11.7. The summed E-state index contributed by atoms with van der Waals surface area (Å²) in [6, 6.07) is 2.21. The molecule has 0 aliphatic heterocycles. The summed E-state index contributed by atoms with van der Waals surface area (Å²) in [5.41, 5.74) is -0.758. The number of hydrogen-bond donors (Lipinski definition) is 3. The van der Waals surface area contributed by atoms with Gasteiger partial charge in [0.25, 0.3) is 0 Å². The number of hydrogen-bond acceptors (Lipinski definition) is 5. The van der Waals surface area contributed by atoms with Crippen molar-refractivity contribution in [2.75, 3.05) is 0 Å². The standard InChI is InChI=1S/C11H8O5/c1-4-9(14)7-5(12)2-3-6(13)8(7)11(16)10(4)15/h2-3,12-13,15H,1H3. The SMILES string of the molecule is CC1=C(O)C(=O)c2c(O)ccc(O)c2C1=O. The molecule has 0 saturated heterocycles. The number of rotatable bonds is 0. The number of aliphatic hydroxyl groups excluding tert-OH is 1. The van der Waals surface area contributed by atoms with Gasteiger partial charge in [-0.1, -0.05) is 0 Å². The molecule has 1 aliphatic carbocycles. The second-order valence-electron chi connectivity index (χ2n) is 3.49. The zero-order valence-electron chi connectivity index (χ0n) is 8.31. The molecular formula is C11H8O5. The van der Waals surface area contributed by atoms with Crippen molar-refractivity contribution in [2.24, 2.45) is 0 Å². The summed E-state index contributed by atoms with van der Waals surface area (Å²) in [4.78, 5) is 23.3. The maximum absolute atomic E-state index is 11.7. The number of allylic oxidation sites excluding steroid dienone is 2. The largest absolute Gasteiger partial charge is 0.507 e. The van der Waals surface area contributed by atoms with Crippen molar-refractivity contribution in [3.05, 3.63) is 34.6 Å². The predicted octanol–water partition coefficient (Wildman–Crippen LogP) is 1.31. The average Bonchev–Trinajstić information content (AvgIpc) is 2.26. The number of fused-ring (bicyclic) bond motifs is 1. The van der Waals surface area contributed by atoms with Gasteiger partial charge in [0.15, 0.2) is 11.5 Å². The van der Waals surface area contributed by atoms with Gasteiger partial charge in [0.2, 0.25) is 5.78 Å². The van der Waals surface area contributed by atoms with Gasteiger partial charge in [-0.25, -0.2) is 0 Å². The van der Waals surface area contributed by atoms with Crippen molar-refractivity contribution in [1.82, 2.24) is 0 Å². The van der Waals surface area contributed by atoms with Crippen LogP contribution >= 0.6 is 0 Å². The molecule has 1 aliphatic rings. The first-order chi connectivity index (χ1) is 7.45. The van der Waals surface area contributed by atoms with Gasteiger partial charge in [0, 0.05) is 5.57 Å². The number of carbonyl (C=O) groups excluding carboxylic acids is 2. The van der Waals surface area contributed by atoms with Crippen LogP contribution in [0.25, 0.3) is 0 Å². The molecule has 0 atom stereocenters. The summed E-state index contributed by atoms with van der Waals surface area (Å²) in [5, 5.41) is 28.3. The van der Waals surface area contributed by atoms with Crippen molar-refractivity contribution >= 4 is 11.6 Å². The minimum absolute atomic E-state index is 0.140. The molecule has 5 heteroatoms. The normalized spacial score (nSPS) is 15.3. The Bertz CT molecular complexity index is 505. The topological polar surface area (TPSA) is 94.8 Å². The van der Waals surface area contributed by atoms with E-state index in [4.69, 9.17) is 0 Å². The number of phenolic OH excluding ortho intramolecular Hbond substituents is 2. The molecule has 0 saturated carbocycles. The highest BCUT2D eigenvalue weighted by molar-refractivity contribution is 6.27. The molecule has 0 aromatic heterocycles. The Labute approximate surface area is 90.3 Å². The molecule has 0 spiro atoms. The Morgan fingerprint density at radius 2 is 1.31 bits per heavy atom. The summed E-state index contributed by atoms with van der Waals surface area (Å²) >= 11 is 0. The van der Waals surface area contributed by atoms with Crippen LogP contribution in [0.2, 0.25) is 0 Å². The van der Waals surface area contributed by atoms with E-state index in [1.807, 2.05) is 0 Å². The third-order valence-electron chi connectivity index (χ3n) is 2.53. The molecule has 0 bridgehead atoms. The number of aliphatic hydroxyl groups is 1. The van der Waals surface area contributed by atoms with Gasteiger partial charge in [0.1, 0.15) is 11.5 Å². The Kier molecular flexibility index (Phi) is 1.98. The molecular weight excluding hydrogens is 212 g/mol. The van der Waals surface area contributed by atoms with E-state index in [2.05, 4.69) is 0 Å². The van der Waals surface area contributed by atoms with E-state index >= 15 is 0 Å². The van der Waals surface area contributed by atoms with E-state index in [0.717, 1.165) is 12.1 Å². The van der Waals surface area contributed by atoms with Crippen LogP contribution in [0.4, 0.5) is 0 Å². The van der Waals surface area contributed by atoms with Crippen LogP contribution in [-0.2, 0) is 0 Å². The number of Topliss-reactive ketones (excluding diaryl/α,β-unsaturated/α-hetero) is 2. The highest BCUT2D eigenvalue weighted by Crippen LogP contribution is 2.36. The number of phenols is 2. The highest BCUT2D eigenvalue weighted by atomic mass is 16.3. The molecule has 1 aromatic carbocycles. The number of aromatic hydroxyl groups is 2. The Balaban J connectivity index is 2.86. The van der Waals surface area contributed by atoms with Crippen LogP contribution in [-0.4, -0.2) is 26.9 Å². The van der Waals surface area contributed by atoms with E-state index < -0.39 is 28.8 Å². The van der Waals surface area contributed by atoms with Crippen LogP contribution in [0.5, 0.6) is 11.5 Å². The maximum Gasteiger partial charge on any atom is 0.232 e. The predicted molar refractivity (Wildman–Crippen MR) is 53.8 cm³/mol. The van der Waals surface area contributed by atoms with Crippen LogP contribution in [0.3, 0.4) is 0 Å². The Morgan fingerprint density at radius 1 is 0.875 bits per heavy atom. The first kappa shape index (κ1) is 10.2. The van der Waals surface area contributed by atoms with Crippen LogP contribution in [0.15, 0.2) is 23.5 Å². The van der Waals surface area contributed by atoms with Crippen molar-refractivity contribution in [3.8, 4) is 11.5 Å². The second-order valence-corrected chi connectivity index (χ2v) is 3.49. The lowest BCUT2D eigenvalue weighted by atomic mass is 9.87. The molecule has 82 valence electrons. The number of ketones is 2. The summed E-state index contributed by atoms with van der Waals surface area (Å²) in [7, 11) is 0. The Morgan fingerprint density at radius 3 is 1.81 bits per heavy atom. The Hall–Kier alpha value is -2.30. The minimum Gasteiger partial charge on any atom is -0.507 e. The average molecular weight is 220 g/mol. The van der Waals surface area contributed by atoms with Crippen molar-refractivity contribution in [1.29, 1.82) is 0 Å². The quantitative estimate of drug-likeness (QED) is 0.573. The number of carbonyl (C=O) groups is 2. The van der Waals surface area contributed by atoms with E-state index in [9.17, 15) is 24.9 Å². The van der Waals surface area contributed by atoms with Gasteiger partial charge < -0.3 is 15.3 Å². The molecule has 3 N–H and O–H groups in total. The smallest absolute Gasteiger partial charge is 0.232 e. The van der Waals surface area contributed by atoms with Gasteiger partial charge in [-0.3, -0.25) is 9.59 Å².